The number of hydrogen-bond donors (Lipinski definition) is 2. The van der Waals surface area contributed by atoms with Crippen molar-refractivity contribution >= 4 is 83.3 Å². The van der Waals surface area contributed by atoms with Crippen LogP contribution in [0.25, 0.3) is 10.2 Å². The minimum absolute atomic E-state index is 0.0133. The van der Waals surface area contributed by atoms with Crippen LogP contribution in [0.1, 0.15) is 56.0 Å². The van der Waals surface area contributed by atoms with Crippen molar-refractivity contribution in [3.05, 3.63) is 111 Å². The molecule has 11 nitrogen and oxygen atoms in total. The Morgan fingerprint density at radius 2 is 1.78 bits per heavy atom. The highest BCUT2D eigenvalue weighted by Gasteiger charge is 2.28. The van der Waals surface area contributed by atoms with E-state index in [4.69, 9.17) is 4.74 Å². The van der Waals surface area contributed by atoms with Gasteiger partial charge in [-0.05, 0) is 74.1 Å². The van der Waals surface area contributed by atoms with Crippen molar-refractivity contribution in [3.8, 4) is 17.6 Å². The van der Waals surface area contributed by atoms with Crippen LogP contribution in [0.4, 0.5) is 26.3 Å². The number of para-hydroxylation sites is 1. The van der Waals surface area contributed by atoms with Crippen LogP contribution in [0.5, 0.6) is 5.75 Å². The van der Waals surface area contributed by atoms with Crippen LogP contribution >= 0.6 is 45.3 Å². The third-order valence-corrected chi connectivity index (χ3v) is 13.3. The number of carboxylic acids is 1. The summed E-state index contributed by atoms with van der Waals surface area (Å²) in [5.74, 6) is 6.22. The Bertz CT molecular complexity index is 2440. The largest absolute Gasteiger partial charge is 0.491 e. The Balaban J connectivity index is 0.830. The van der Waals surface area contributed by atoms with E-state index in [0.29, 0.717) is 53.1 Å². The Hall–Kier alpha value is -4.73. The van der Waals surface area contributed by atoms with Crippen LogP contribution in [0.2, 0.25) is 0 Å². The second-order valence-electron chi connectivity index (χ2n) is 14.3. The molecule has 58 heavy (non-hydrogen) atoms. The molecule has 0 radical (unpaired) electrons. The first-order chi connectivity index (χ1) is 28.3. The molecule has 1 fully saturated rings. The number of halogens is 2. The lowest BCUT2D eigenvalue weighted by molar-refractivity contribution is 0.0690. The molecule has 0 aliphatic carbocycles. The number of thiazole rings is 2. The summed E-state index contributed by atoms with van der Waals surface area (Å²) in [7, 11) is 0. The molecule has 3 aromatic heterocycles. The number of aromatic carboxylic acids is 1. The molecule has 6 aromatic rings. The summed E-state index contributed by atoms with van der Waals surface area (Å²) in [6, 6.07) is 21.6. The predicted molar refractivity (Wildman–Crippen MR) is 237 cm³/mol. The molecule has 0 bridgehead atoms. The van der Waals surface area contributed by atoms with Crippen molar-refractivity contribution in [1.29, 1.82) is 0 Å². The fraction of sp³-hybridized carbons (Fsp3) is 0.326. The Morgan fingerprint density at radius 3 is 2.55 bits per heavy atom. The number of nitrogens with zero attached hydrogens (tertiary/aromatic N) is 7. The van der Waals surface area contributed by atoms with E-state index in [-0.39, 0.29) is 18.1 Å². The van der Waals surface area contributed by atoms with Crippen molar-refractivity contribution in [2.45, 2.75) is 43.6 Å². The van der Waals surface area contributed by atoms with E-state index in [9.17, 15) is 9.90 Å². The number of anilines is 4. The normalized spacial score (nSPS) is 14.6. The zero-order valence-corrected chi connectivity index (χ0v) is 35.8. The van der Waals surface area contributed by atoms with Crippen LogP contribution in [-0.2, 0) is 23.8 Å². The molecule has 0 unspecified atom stereocenters. The molecule has 5 heterocycles. The fourth-order valence-electron chi connectivity index (χ4n) is 7.16. The lowest BCUT2D eigenvalue weighted by atomic mass is 10.0. The molecular weight excluding hydrogens is 887 g/mol. The van der Waals surface area contributed by atoms with Gasteiger partial charge in [-0.25, -0.2) is 19.2 Å². The summed E-state index contributed by atoms with van der Waals surface area (Å²) in [5, 5.41) is 23.8. The second kappa shape index (κ2) is 18.5. The molecule has 2 aliphatic rings. The average molecular weight is 929 g/mol. The highest BCUT2D eigenvalue weighted by Crippen LogP contribution is 2.39. The van der Waals surface area contributed by atoms with E-state index >= 15 is 4.39 Å². The van der Waals surface area contributed by atoms with Gasteiger partial charge in [-0.1, -0.05) is 82.2 Å². The number of nitrogens with one attached hydrogen (secondary N) is 1. The van der Waals surface area contributed by atoms with Crippen molar-refractivity contribution in [3.63, 3.8) is 0 Å². The molecular formula is C43H42FIN8O3S2. The second-order valence-corrected chi connectivity index (χ2v) is 17.2. The molecule has 298 valence electrons. The number of benzene rings is 3. The van der Waals surface area contributed by atoms with Gasteiger partial charge in [0.15, 0.2) is 39.2 Å². The summed E-state index contributed by atoms with van der Waals surface area (Å²) >= 11 is 5.28. The van der Waals surface area contributed by atoms with Gasteiger partial charge in [0.25, 0.3) is 0 Å². The lowest BCUT2D eigenvalue weighted by Crippen LogP contribution is -2.45. The van der Waals surface area contributed by atoms with Crippen molar-refractivity contribution in [2.75, 3.05) is 56.1 Å². The van der Waals surface area contributed by atoms with E-state index in [1.54, 1.807) is 23.5 Å². The molecule has 2 aliphatic heterocycles. The average Bonchev–Trinajstić information content (AvgIpc) is 3.86. The van der Waals surface area contributed by atoms with Gasteiger partial charge in [0, 0.05) is 65.3 Å². The topological polar surface area (TPSA) is 120 Å². The van der Waals surface area contributed by atoms with Crippen LogP contribution in [0.3, 0.4) is 0 Å². The van der Waals surface area contributed by atoms with Crippen molar-refractivity contribution in [1.82, 2.24) is 30.0 Å². The molecule has 0 atom stereocenters. The standard InChI is InChI=1S/C43H42FIN8O3S2/c1-28-32-8-5-19-53(40(32)50-49-39(28)48-42-46-34-9-2-3-10-36(34)57-42)43-47-38(41(54)55)37(58-43)11-6-24-56-35-17-16-29(25-33(35)44)7-4-18-51-20-22-52(23-21-51)27-31-14-12-30(26-45)13-15-31/h2-3,9-10,12-17,25H,5-6,8,11,18-24,26-27H2,1H3,(H,54,55)(H,46,48,49). The molecule has 3 aromatic carbocycles. The van der Waals surface area contributed by atoms with Crippen LogP contribution < -0.4 is 15.0 Å². The number of rotatable bonds is 13. The van der Waals surface area contributed by atoms with Gasteiger partial charge in [-0.3, -0.25) is 9.80 Å². The molecule has 2 N–H and O–H groups in total. The van der Waals surface area contributed by atoms with Gasteiger partial charge in [0.05, 0.1) is 23.4 Å². The summed E-state index contributed by atoms with van der Waals surface area (Å²) in [6.07, 6.45) is 2.58. The summed E-state index contributed by atoms with van der Waals surface area (Å²) in [4.78, 5) is 28.9. The quantitative estimate of drug-likeness (QED) is 0.0502. The maximum absolute atomic E-state index is 15.0. The first-order valence-corrected chi connectivity index (χ1v) is 22.5. The van der Waals surface area contributed by atoms with Crippen LogP contribution in [-0.4, -0.2) is 86.9 Å². The third-order valence-electron chi connectivity index (χ3n) is 10.3. The number of ether oxygens (including phenoxy) is 1. The van der Waals surface area contributed by atoms with Gasteiger partial charge in [0.2, 0.25) is 0 Å². The zero-order chi connectivity index (χ0) is 40.0. The highest BCUT2D eigenvalue weighted by molar-refractivity contribution is 14.1. The number of aryl methyl sites for hydroxylation is 1. The maximum atomic E-state index is 15.0. The van der Waals surface area contributed by atoms with Gasteiger partial charge in [0.1, 0.15) is 0 Å². The molecule has 1 saturated heterocycles. The summed E-state index contributed by atoms with van der Waals surface area (Å²) < 4.78 is 22.9. The number of alkyl halides is 1. The maximum Gasteiger partial charge on any atom is 0.355 e. The van der Waals surface area contributed by atoms with Gasteiger partial charge >= 0.3 is 5.97 Å². The van der Waals surface area contributed by atoms with E-state index in [1.807, 2.05) is 36.1 Å². The number of hydrogen-bond acceptors (Lipinski definition) is 12. The van der Waals surface area contributed by atoms with Gasteiger partial charge in [-0.2, -0.15) is 0 Å². The Morgan fingerprint density at radius 1 is 0.983 bits per heavy atom. The number of piperazine rings is 1. The van der Waals surface area contributed by atoms with Crippen molar-refractivity contribution < 1.29 is 19.0 Å². The smallest absolute Gasteiger partial charge is 0.355 e. The first-order valence-electron chi connectivity index (χ1n) is 19.3. The molecule has 15 heteroatoms. The summed E-state index contributed by atoms with van der Waals surface area (Å²) in [6.45, 7) is 8.36. The monoisotopic (exact) mass is 928 g/mol. The molecule has 0 amide bonds. The Kier molecular flexibility index (Phi) is 12.8. The predicted octanol–water partition coefficient (Wildman–Crippen LogP) is 8.63. The molecule has 0 saturated carbocycles. The zero-order valence-electron chi connectivity index (χ0n) is 32.0. The number of aromatic nitrogens is 4. The lowest BCUT2D eigenvalue weighted by Gasteiger charge is -2.33. The first kappa shape index (κ1) is 40.1. The SMILES string of the molecule is Cc1c(Nc2nc3ccccc3s2)nnc2c1CCCN2c1nc(C(=O)O)c(CCCOc2ccc(C#CCN3CCN(Cc4ccc(CI)cc4)CC3)cc2F)s1. The molecule has 8 rings (SSSR count). The van der Waals surface area contributed by atoms with E-state index in [2.05, 4.69) is 94.0 Å². The number of carbonyl (C=O) groups is 1. The third kappa shape index (κ3) is 9.42. The van der Waals surface area contributed by atoms with Crippen LogP contribution in [0, 0.1) is 24.6 Å². The van der Waals surface area contributed by atoms with E-state index < -0.39 is 11.8 Å². The summed E-state index contributed by atoms with van der Waals surface area (Å²) in [5.41, 5.74) is 6.25. The Labute approximate surface area is 358 Å². The van der Waals surface area contributed by atoms with E-state index in [0.717, 1.165) is 76.5 Å². The number of fused-ring (bicyclic) bond motifs is 2. The molecule has 0 spiro atoms. The van der Waals surface area contributed by atoms with Crippen molar-refractivity contribution in [2.24, 2.45) is 0 Å². The minimum Gasteiger partial charge on any atom is -0.491 e. The van der Waals surface area contributed by atoms with Gasteiger partial charge < -0.3 is 20.1 Å². The minimum atomic E-state index is -1.09. The fourth-order valence-corrected chi connectivity index (χ4v) is 9.66. The highest BCUT2D eigenvalue weighted by atomic mass is 127. The van der Waals surface area contributed by atoms with Gasteiger partial charge in [-0.15, -0.1) is 21.5 Å². The number of carboxylic acid groups (broad SMARTS) is 1. The van der Waals surface area contributed by atoms with Crippen LogP contribution in [0.15, 0.2) is 66.7 Å². The van der Waals surface area contributed by atoms with E-state index in [1.165, 1.54) is 28.5 Å².